The molecule has 1 heterocycles. The van der Waals surface area contributed by atoms with E-state index in [0.29, 0.717) is 6.54 Å². The van der Waals surface area contributed by atoms with Gasteiger partial charge in [0, 0.05) is 5.39 Å². The van der Waals surface area contributed by atoms with Gasteiger partial charge in [-0.3, -0.25) is 4.79 Å². The Morgan fingerprint density at radius 1 is 1.42 bits per heavy atom. The molecule has 1 aromatic heterocycles. The zero-order valence-corrected chi connectivity index (χ0v) is 11.2. The summed E-state index contributed by atoms with van der Waals surface area (Å²) < 4.78 is 0. The molecule has 2 rings (SSSR count). The van der Waals surface area contributed by atoms with Gasteiger partial charge in [-0.15, -0.1) is 22.6 Å². The average Bonchev–Trinajstić information content (AvgIpc) is 2.69. The molecule has 0 atom stereocenters. The van der Waals surface area contributed by atoms with Crippen LogP contribution in [0, 0.1) is 0 Å². The first kappa shape index (κ1) is 15.1. The topological polar surface area (TPSA) is 89.8 Å². The molecule has 1 aromatic carbocycles. The Balaban J connectivity index is 0.00000180. The highest BCUT2D eigenvalue weighted by molar-refractivity contribution is 5.94. The van der Waals surface area contributed by atoms with Gasteiger partial charge in [0.2, 0.25) is 5.88 Å². The first-order valence-corrected chi connectivity index (χ1v) is 5.67. The van der Waals surface area contributed by atoms with Gasteiger partial charge in [0.25, 0.3) is 5.91 Å². The Labute approximate surface area is 116 Å². The van der Waals surface area contributed by atoms with Crippen LogP contribution in [-0.4, -0.2) is 29.1 Å². The van der Waals surface area contributed by atoms with E-state index in [1.807, 2.05) is 25.1 Å². The molecule has 0 saturated heterocycles. The second kappa shape index (κ2) is 6.86. The summed E-state index contributed by atoms with van der Waals surface area (Å²) >= 11 is 0. The van der Waals surface area contributed by atoms with E-state index in [0.717, 1.165) is 10.9 Å². The summed E-state index contributed by atoms with van der Waals surface area (Å²) in [7, 11) is 0. The Bertz CT molecular complexity index is 594. The summed E-state index contributed by atoms with van der Waals surface area (Å²) in [5.41, 5.74) is 1.04. The molecule has 7 heteroatoms. The highest BCUT2D eigenvalue weighted by Crippen LogP contribution is 2.34. The van der Waals surface area contributed by atoms with Gasteiger partial charge in [0.05, 0.1) is 12.1 Å². The maximum atomic E-state index is 11.3. The molecule has 0 aliphatic rings. The third kappa shape index (κ3) is 3.52. The molecule has 0 bridgehead atoms. The van der Waals surface area contributed by atoms with Crippen molar-refractivity contribution in [2.75, 3.05) is 13.1 Å². The van der Waals surface area contributed by atoms with E-state index >= 15 is 0 Å². The maximum absolute atomic E-state index is 11.3. The fraction of sp³-hybridized carbons (Fsp3) is 0.250. The Morgan fingerprint density at radius 2 is 2.16 bits per heavy atom. The minimum Gasteiger partial charge on any atom is -0.493 e. The van der Waals surface area contributed by atoms with Crippen molar-refractivity contribution in [2.45, 2.75) is 6.92 Å². The molecule has 0 fully saturated rings. The number of para-hydroxylation sites is 1. The number of nitrogens with one attached hydrogen (secondary N) is 2. The predicted molar refractivity (Wildman–Crippen MR) is 75.3 cm³/mol. The van der Waals surface area contributed by atoms with E-state index in [1.54, 1.807) is 6.07 Å². The van der Waals surface area contributed by atoms with Crippen molar-refractivity contribution >= 4 is 34.9 Å². The summed E-state index contributed by atoms with van der Waals surface area (Å²) in [5.74, 6) is -0.460. The van der Waals surface area contributed by atoms with Crippen LogP contribution in [0.3, 0.4) is 0 Å². The quantitative estimate of drug-likeness (QED) is 0.753. The number of nitrogens with zero attached hydrogens (tertiary/aromatic N) is 2. The van der Waals surface area contributed by atoms with Crippen molar-refractivity contribution < 1.29 is 9.90 Å². The Hall–Kier alpha value is -1.92. The monoisotopic (exact) mass is 282 g/mol. The van der Waals surface area contributed by atoms with Gasteiger partial charge in [0.15, 0.2) is 5.69 Å². The number of hydrogen-bond donors (Lipinski definition) is 3. The lowest BCUT2D eigenvalue weighted by Gasteiger charge is -1.94. The minimum atomic E-state index is -0.374. The van der Waals surface area contributed by atoms with Crippen LogP contribution in [0.1, 0.15) is 6.92 Å². The molecule has 102 valence electrons. The van der Waals surface area contributed by atoms with Crippen LogP contribution in [0.5, 0.6) is 5.88 Å². The lowest BCUT2D eigenvalue weighted by molar-refractivity contribution is -0.117. The molecular weight excluding hydrogens is 268 g/mol. The van der Waals surface area contributed by atoms with Gasteiger partial charge in [-0.1, -0.05) is 25.1 Å². The van der Waals surface area contributed by atoms with Crippen molar-refractivity contribution in [1.29, 1.82) is 0 Å². The van der Waals surface area contributed by atoms with E-state index in [9.17, 15) is 9.90 Å². The van der Waals surface area contributed by atoms with Gasteiger partial charge >= 0.3 is 0 Å². The van der Waals surface area contributed by atoms with Crippen molar-refractivity contribution in [1.82, 2.24) is 10.3 Å². The fourth-order valence-corrected chi connectivity index (χ4v) is 1.59. The molecule has 2 aromatic rings. The van der Waals surface area contributed by atoms with Gasteiger partial charge in [-0.2, -0.15) is 0 Å². The zero-order chi connectivity index (χ0) is 13.0. The van der Waals surface area contributed by atoms with Crippen LogP contribution in [0.4, 0.5) is 5.69 Å². The van der Waals surface area contributed by atoms with Crippen molar-refractivity contribution in [2.24, 2.45) is 10.2 Å². The first-order valence-electron chi connectivity index (χ1n) is 5.67. The van der Waals surface area contributed by atoms with Gasteiger partial charge < -0.3 is 15.4 Å². The van der Waals surface area contributed by atoms with E-state index in [-0.39, 0.29) is 36.4 Å². The second-order valence-corrected chi connectivity index (χ2v) is 3.74. The number of fused-ring (bicyclic) bond motifs is 1. The molecule has 0 aliphatic carbocycles. The number of azo groups is 1. The number of aromatic amines is 1. The number of carbonyl (C=O) groups is 1. The van der Waals surface area contributed by atoms with E-state index in [1.165, 1.54) is 0 Å². The zero-order valence-electron chi connectivity index (χ0n) is 10.4. The third-order valence-electron chi connectivity index (χ3n) is 2.45. The van der Waals surface area contributed by atoms with Crippen LogP contribution in [0.2, 0.25) is 0 Å². The summed E-state index contributed by atoms with van der Waals surface area (Å²) in [6.45, 7) is 2.73. The number of H-pyrrole nitrogens is 1. The third-order valence-corrected chi connectivity index (χ3v) is 2.45. The van der Waals surface area contributed by atoms with E-state index in [4.69, 9.17) is 0 Å². The SMILES string of the molecule is CCNCC(=O)N=Nc1c(O)[nH]c2ccccc12.Cl. The van der Waals surface area contributed by atoms with Crippen molar-refractivity contribution in [3.8, 4) is 5.88 Å². The lowest BCUT2D eigenvalue weighted by Crippen LogP contribution is -2.20. The van der Waals surface area contributed by atoms with Gasteiger partial charge in [-0.25, -0.2) is 0 Å². The number of hydrogen-bond acceptors (Lipinski definition) is 4. The largest absolute Gasteiger partial charge is 0.493 e. The van der Waals surface area contributed by atoms with Crippen LogP contribution in [0.25, 0.3) is 10.9 Å². The number of aromatic hydroxyl groups is 1. The number of carbonyl (C=O) groups excluding carboxylic acids is 1. The smallest absolute Gasteiger partial charge is 0.278 e. The standard InChI is InChI=1S/C12H14N4O2.ClH/c1-2-13-7-10(17)15-16-11-8-5-3-4-6-9(8)14-12(11)18;/h3-6,13-14,18H,2,7H2,1H3;1H. The molecule has 1 amide bonds. The molecular formula is C12H15ClN4O2. The summed E-state index contributed by atoms with van der Waals surface area (Å²) in [6.07, 6.45) is 0. The molecule has 19 heavy (non-hydrogen) atoms. The van der Waals surface area contributed by atoms with Crippen LogP contribution in [-0.2, 0) is 4.79 Å². The van der Waals surface area contributed by atoms with Crippen LogP contribution < -0.4 is 5.32 Å². The fourth-order valence-electron chi connectivity index (χ4n) is 1.59. The number of amides is 1. The number of likely N-dealkylation sites (N-methyl/N-ethyl adjacent to an activating group) is 1. The minimum absolute atomic E-state index is 0. The number of aromatic nitrogens is 1. The van der Waals surface area contributed by atoms with E-state index in [2.05, 4.69) is 20.5 Å². The highest BCUT2D eigenvalue weighted by atomic mass is 35.5. The summed E-state index contributed by atoms with van der Waals surface area (Å²) in [6, 6.07) is 7.29. The molecule has 0 radical (unpaired) electrons. The first-order chi connectivity index (χ1) is 8.72. The Morgan fingerprint density at radius 3 is 2.89 bits per heavy atom. The predicted octanol–water partition coefficient (Wildman–Crippen LogP) is 2.52. The van der Waals surface area contributed by atoms with Crippen molar-refractivity contribution in [3.63, 3.8) is 0 Å². The maximum Gasteiger partial charge on any atom is 0.278 e. The number of halogens is 1. The van der Waals surface area contributed by atoms with Gasteiger partial charge in [-0.05, 0) is 12.6 Å². The molecule has 6 nitrogen and oxygen atoms in total. The number of benzene rings is 1. The van der Waals surface area contributed by atoms with Crippen LogP contribution in [0.15, 0.2) is 34.5 Å². The Kier molecular flexibility index (Phi) is 5.47. The average molecular weight is 283 g/mol. The number of rotatable bonds is 4. The molecule has 0 saturated carbocycles. The van der Waals surface area contributed by atoms with Crippen LogP contribution >= 0.6 is 12.4 Å². The molecule has 3 N–H and O–H groups in total. The lowest BCUT2D eigenvalue weighted by atomic mass is 10.2. The summed E-state index contributed by atoms with van der Waals surface area (Å²) in [4.78, 5) is 14.1. The van der Waals surface area contributed by atoms with Gasteiger partial charge in [0.1, 0.15) is 0 Å². The van der Waals surface area contributed by atoms with E-state index < -0.39 is 0 Å². The highest BCUT2D eigenvalue weighted by Gasteiger charge is 2.09. The molecule has 0 unspecified atom stereocenters. The normalized spacial score (nSPS) is 10.8. The second-order valence-electron chi connectivity index (χ2n) is 3.74. The molecule has 0 aliphatic heterocycles. The summed E-state index contributed by atoms with van der Waals surface area (Å²) in [5, 5.41) is 20.6. The molecule has 0 spiro atoms. The van der Waals surface area contributed by atoms with Crippen molar-refractivity contribution in [3.05, 3.63) is 24.3 Å².